The normalized spacial score (nSPS) is 12.9. The van der Waals surface area contributed by atoms with E-state index in [9.17, 15) is 4.79 Å². The molecule has 0 bridgehead atoms. The molecule has 2 aromatic rings. The number of halogens is 2. The standard InChI is InChI=1S/C15H11BrINO3/c16-12-8-14-13(20-5-6-21-14)7-11(12)15(19)18-10-3-1-9(17)2-4-10/h1-4,7-8H,5-6H2,(H,18,19). The van der Waals surface area contributed by atoms with Gasteiger partial charge in [0.1, 0.15) is 13.2 Å². The first-order valence-corrected chi connectivity index (χ1v) is 8.17. The molecule has 108 valence electrons. The van der Waals surface area contributed by atoms with Crippen molar-refractivity contribution >= 4 is 50.1 Å². The lowest BCUT2D eigenvalue weighted by molar-refractivity contribution is 0.102. The molecular formula is C15H11BrINO3. The summed E-state index contributed by atoms with van der Waals surface area (Å²) < 4.78 is 12.8. The van der Waals surface area contributed by atoms with Crippen molar-refractivity contribution in [3.05, 3.63) is 50.0 Å². The van der Waals surface area contributed by atoms with Gasteiger partial charge in [0.05, 0.1) is 5.56 Å². The van der Waals surface area contributed by atoms with E-state index in [1.807, 2.05) is 24.3 Å². The Bertz CT molecular complexity index is 688. The molecule has 0 unspecified atom stereocenters. The van der Waals surface area contributed by atoms with Gasteiger partial charge < -0.3 is 14.8 Å². The summed E-state index contributed by atoms with van der Waals surface area (Å²) in [5.74, 6) is 1.05. The average molecular weight is 460 g/mol. The number of nitrogens with one attached hydrogen (secondary N) is 1. The first-order chi connectivity index (χ1) is 10.1. The van der Waals surface area contributed by atoms with E-state index in [2.05, 4.69) is 43.8 Å². The van der Waals surface area contributed by atoms with Crippen LogP contribution in [0.3, 0.4) is 0 Å². The zero-order valence-electron chi connectivity index (χ0n) is 10.9. The molecule has 1 aliphatic rings. The molecular weight excluding hydrogens is 449 g/mol. The van der Waals surface area contributed by atoms with Gasteiger partial charge in [0, 0.05) is 13.7 Å². The van der Waals surface area contributed by atoms with E-state index in [1.54, 1.807) is 12.1 Å². The van der Waals surface area contributed by atoms with Crippen LogP contribution >= 0.6 is 38.5 Å². The molecule has 0 aliphatic carbocycles. The number of anilines is 1. The Labute approximate surface area is 144 Å². The summed E-state index contributed by atoms with van der Waals surface area (Å²) in [6.07, 6.45) is 0. The first-order valence-electron chi connectivity index (χ1n) is 6.29. The summed E-state index contributed by atoms with van der Waals surface area (Å²) in [6.45, 7) is 1.01. The number of carbonyl (C=O) groups is 1. The number of amides is 1. The monoisotopic (exact) mass is 459 g/mol. The summed E-state index contributed by atoms with van der Waals surface area (Å²) in [5.41, 5.74) is 1.26. The lowest BCUT2D eigenvalue weighted by Crippen LogP contribution is -2.17. The third-order valence-electron chi connectivity index (χ3n) is 2.98. The maximum Gasteiger partial charge on any atom is 0.256 e. The first kappa shape index (κ1) is 14.6. The van der Waals surface area contributed by atoms with Crippen LogP contribution in [0.4, 0.5) is 5.69 Å². The number of ether oxygens (including phenoxy) is 2. The van der Waals surface area contributed by atoms with E-state index in [0.29, 0.717) is 34.7 Å². The second kappa shape index (κ2) is 6.23. The maximum absolute atomic E-state index is 12.4. The summed E-state index contributed by atoms with van der Waals surface area (Å²) in [7, 11) is 0. The molecule has 3 rings (SSSR count). The molecule has 0 saturated heterocycles. The summed E-state index contributed by atoms with van der Waals surface area (Å²) in [4.78, 5) is 12.4. The number of hydrogen-bond acceptors (Lipinski definition) is 3. The van der Waals surface area contributed by atoms with Crippen LogP contribution in [0.5, 0.6) is 11.5 Å². The van der Waals surface area contributed by atoms with E-state index < -0.39 is 0 Å². The minimum Gasteiger partial charge on any atom is -0.486 e. The highest BCUT2D eigenvalue weighted by atomic mass is 127. The maximum atomic E-state index is 12.4. The van der Waals surface area contributed by atoms with Crippen LogP contribution in [0.1, 0.15) is 10.4 Å². The number of rotatable bonds is 2. The lowest BCUT2D eigenvalue weighted by Gasteiger charge is -2.19. The van der Waals surface area contributed by atoms with Gasteiger partial charge in [-0.3, -0.25) is 4.79 Å². The molecule has 1 heterocycles. The van der Waals surface area contributed by atoms with Gasteiger partial charge in [-0.2, -0.15) is 0 Å². The molecule has 0 fully saturated rings. The van der Waals surface area contributed by atoms with Crippen molar-refractivity contribution in [1.82, 2.24) is 0 Å². The van der Waals surface area contributed by atoms with Gasteiger partial charge in [-0.15, -0.1) is 0 Å². The predicted molar refractivity (Wildman–Crippen MR) is 92.2 cm³/mol. The van der Waals surface area contributed by atoms with Crippen LogP contribution in [-0.2, 0) is 0 Å². The fourth-order valence-corrected chi connectivity index (χ4v) is 2.83. The van der Waals surface area contributed by atoms with Crippen molar-refractivity contribution in [2.45, 2.75) is 0 Å². The van der Waals surface area contributed by atoms with Gasteiger partial charge in [0.15, 0.2) is 11.5 Å². The van der Waals surface area contributed by atoms with E-state index in [4.69, 9.17) is 9.47 Å². The van der Waals surface area contributed by atoms with E-state index in [0.717, 1.165) is 9.26 Å². The fourth-order valence-electron chi connectivity index (χ4n) is 1.97. The van der Waals surface area contributed by atoms with Crippen LogP contribution < -0.4 is 14.8 Å². The number of benzene rings is 2. The molecule has 4 nitrogen and oxygen atoms in total. The molecule has 21 heavy (non-hydrogen) atoms. The highest BCUT2D eigenvalue weighted by Gasteiger charge is 2.18. The van der Waals surface area contributed by atoms with Crippen molar-refractivity contribution in [3.63, 3.8) is 0 Å². The molecule has 1 aliphatic heterocycles. The number of hydrogen-bond donors (Lipinski definition) is 1. The van der Waals surface area contributed by atoms with Crippen molar-refractivity contribution in [2.24, 2.45) is 0 Å². The van der Waals surface area contributed by atoms with Crippen LogP contribution in [0.2, 0.25) is 0 Å². The van der Waals surface area contributed by atoms with Gasteiger partial charge in [0.2, 0.25) is 0 Å². The molecule has 1 amide bonds. The van der Waals surface area contributed by atoms with Crippen molar-refractivity contribution in [3.8, 4) is 11.5 Å². The highest BCUT2D eigenvalue weighted by Crippen LogP contribution is 2.35. The molecule has 2 aromatic carbocycles. The van der Waals surface area contributed by atoms with Crippen LogP contribution in [0, 0.1) is 3.57 Å². The van der Waals surface area contributed by atoms with Gasteiger partial charge in [-0.1, -0.05) is 0 Å². The second-order valence-electron chi connectivity index (χ2n) is 4.44. The third-order valence-corrected chi connectivity index (χ3v) is 4.35. The summed E-state index contributed by atoms with van der Waals surface area (Å²) in [6, 6.07) is 11.1. The highest BCUT2D eigenvalue weighted by molar-refractivity contribution is 14.1. The molecule has 1 N–H and O–H groups in total. The average Bonchev–Trinajstić information content (AvgIpc) is 2.49. The summed E-state index contributed by atoms with van der Waals surface area (Å²) in [5, 5.41) is 2.86. The molecule has 0 saturated carbocycles. The van der Waals surface area contributed by atoms with E-state index in [-0.39, 0.29) is 5.91 Å². The zero-order chi connectivity index (χ0) is 14.8. The van der Waals surface area contributed by atoms with Crippen molar-refractivity contribution in [2.75, 3.05) is 18.5 Å². The lowest BCUT2D eigenvalue weighted by atomic mass is 10.1. The summed E-state index contributed by atoms with van der Waals surface area (Å²) >= 11 is 5.62. The Balaban J connectivity index is 1.85. The zero-order valence-corrected chi connectivity index (χ0v) is 14.6. The second-order valence-corrected chi connectivity index (χ2v) is 6.54. The van der Waals surface area contributed by atoms with E-state index >= 15 is 0 Å². The van der Waals surface area contributed by atoms with Crippen LogP contribution in [0.25, 0.3) is 0 Å². The Kier molecular flexibility index (Phi) is 4.34. The molecule has 0 aromatic heterocycles. The largest absolute Gasteiger partial charge is 0.486 e. The third kappa shape index (κ3) is 3.32. The smallest absolute Gasteiger partial charge is 0.256 e. The number of carbonyl (C=O) groups excluding carboxylic acids is 1. The topological polar surface area (TPSA) is 47.6 Å². The minimum absolute atomic E-state index is 0.194. The number of fused-ring (bicyclic) bond motifs is 1. The Hall–Kier alpha value is -1.28. The van der Waals surface area contributed by atoms with Gasteiger partial charge >= 0.3 is 0 Å². The van der Waals surface area contributed by atoms with Gasteiger partial charge in [-0.25, -0.2) is 0 Å². The molecule has 0 radical (unpaired) electrons. The minimum atomic E-state index is -0.194. The van der Waals surface area contributed by atoms with Gasteiger partial charge in [-0.05, 0) is 74.9 Å². The Morgan fingerprint density at radius 3 is 2.38 bits per heavy atom. The molecule has 0 spiro atoms. The quantitative estimate of drug-likeness (QED) is 0.688. The SMILES string of the molecule is O=C(Nc1ccc(I)cc1)c1cc2c(cc1Br)OCCO2. The van der Waals surface area contributed by atoms with E-state index in [1.165, 1.54) is 0 Å². The molecule has 0 atom stereocenters. The molecule has 6 heteroatoms. The van der Waals surface area contributed by atoms with Gasteiger partial charge in [0.25, 0.3) is 5.91 Å². The van der Waals surface area contributed by atoms with Crippen molar-refractivity contribution in [1.29, 1.82) is 0 Å². The Morgan fingerprint density at radius 1 is 1.10 bits per heavy atom. The van der Waals surface area contributed by atoms with Crippen molar-refractivity contribution < 1.29 is 14.3 Å². The predicted octanol–water partition coefficient (Wildman–Crippen LogP) is 4.08. The van der Waals surface area contributed by atoms with Crippen LogP contribution in [0.15, 0.2) is 40.9 Å². The van der Waals surface area contributed by atoms with Crippen LogP contribution in [-0.4, -0.2) is 19.1 Å². The fraction of sp³-hybridized carbons (Fsp3) is 0.133. The Morgan fingerprint density at radius 2 is 1.71 bits per heavy atom.